The van der Waals surface area contributed by atoms with Gasteiger partial charge in [-0.25, -0.2) is 0 Å². The summed E-state index contributed by atoms with van der Waals surface area (Å²) in [6.45, 7) is 4.14. The van der Waals surface area contributed by atoms with Gasteiger partial charge in [-0.05, 0) is 65.7 Å². The minimum Gasteiger partial charge on any atom is -0.495 e. The van der Waals surface area contributed by atoms with Crippen LogP contribution >= 0.6 is 0 Å². The van der Waals surface area contributed by atoms with Gasteiger partial charge in [0.1, 0.15) is 5.75 Å². The van der Waals surface area contributed by atoms with E-state index in [0.29, 0.717) is 17.3 Å². The van der Waals surface area contributed by atoms with E-state index in [1.165, 1.54) is 11.1 Å². The van der Waals surface area contributed by atoms with Crippen molar-refractivity contribution >= 4 is 5.69 Å². The van der Waals surface area contributed by atoms with E-state index in [1.54, 1.807) is 11.8 Å². The summed E-state index contributed by atoms with van der Waals surface area (Å²) in [4.78, 5) is 0. The van der Waals surface area contributed by atoms with Crippen LogP contribution in [0.25, 0.3) is 17.1 Å². The minimum atomic E-state index is 0.551. The van der Waals surface area contributed by atoms with Crippen molar-refractivity contribution in [2.45, 2.75) is 13.8 Å². The van der Waals surface area contributed by atoms with Crippen molar-refractivity contribution in [1.82, 2.24) is 20.2 Å². The lowest BCUT2D eigenvalue weighted by molar-refractivity contribution is 0.417. The van der Waals surface area contributed by atoms with Gasteiger partial charge in [-0.2, -0.15) is 4.68 Å². The summed E-state index contributed by atoms with van der Waals surface area (Å²) in [6, 6.07) is 11.6. The number of aromatic nitrogens is 4. The Morgan fingerprint density at radius 3 is 2.55 bits per heavy atom. The Morgan fingerprint density at radius 2 is 1.86 bits per heavy atom. The number of tetrazole rings is 1. The SMILES string of the molecule is COc1ccc(-c2nnnn2-c2ccc(C)c(C)c2)cc1N. The van der Waals surface area contributed by atoms with Gasteiger partial charge in [0.2, 0.25) is 0 Å². The van der Waals surface area contributed by atoms with E-state index in [9.17, 15) is 0 Å². The molecule has 0 saturated heterocycles. The Labute approximate surface area is 128 Å². The molecule has 22 heavy (non-hydrogen) atoms. The maximum Gasteiger partial charge on any atom is 0.187 e. The molecular weight excluding hydrogens is 278 g/mol. The van der Waals surface area contributed by atoms with Crippen LogP contribution in [-0.4, -0.2) is 27.3 Å². The van der Waals surface area contributed by atoms with Crippen LogP contribution in [0.4, 0.5) is 5.69 Å². The molecule has 1 aromatic heterocycles. The summed E-state index contributed by atoms with van der Waals surface area (Å²) in [6.07, 6.45) is 0. The van der Waals surface area contributed by atoms with Crippen molar-refractivity contribution < 1.29 is 4.74 Å². The number of aryl methyl sites for hydroxylation is 2. The summed E-state index contributed by atoms with van der Waals surface area (Å²) in [5.74, 6) is 1.27. The van der Waals surface area contributed by atoms with Crippen LogP contribution in [0, 0.1) is 13.8 Å². The summed E-state index contributed by atoms with van der Waals surface area (Å²) in [5, 5.41) is 12.0. The average Bonchev–Trinajstić information content (AvgIpc) is 2.99. The van der Waals surface area contributed by atoms with Crippen LogP contribution in [0.15, 0.2) is 36.4 Å². The van der Waals surface area contributed by atoms with Crippen LogP contribution in [0.5, 0.6) is 5.75 Å². The number of nitrogen functional groups attached to an aromatic ring is 1. The van der Waals surface area contributed by atoms with E-state index < -0.39 is 0 Å². The van der Waals surface area contributed by atoms with E-state index >= 15 is 0 Å². The fourth-order valence-corrected chi connectivity index (χ4v) is 2.27. The molecule has 112 valence electrons. The van der Waals surface area contributed by atoms with Crippen molar-refractivity contribution in [3.05, 3.63) is 47.5 Å². The van der Waals surface area contributed by atoms with Crippen LogP contribution in [0.3, 0.4) is 0 Å². The van der Waals surface area contributed by atoms with Crippen molar-refractivity contribution in [2.75, 3.05) is 12.8 Å². The van der Waals surface area contributed by atoms with E-state index in [-0.39, 0.29) is 0 Å². The second-order valence-corrected chi connectivity index (χ2v) is 5.14. The summed E-state index contributed by atoms with van der Waals surface area (Å²) in [7, 11) is 1.59. The van der Waals surface area contributed by atoms with Crippen LogP contribution in [-0.2, 0) is 0 Å². The third-order valence-electron chi connectivity index (χ3n) is 3.69. The number of anilines is 1. The number of nitrogens with zero attached hydrogens (tertiary/aromatic N) is 4. The normalized spacial score (nSPS) is 10.7. The second-order valence-electron chi connectivity index (χ2n) is 5.14. The lowest BCUT2D eigenvalue weighted by atomic mass is 10.1. The van der Waals surface area contributed by atoms with Crippen LogP contribution in [0.2, 0.25) is 0 Å². The average molecular weight is 295 g/mol. The molecule has 0 aliphatic carbocycles. The van der Waals surface area contributed by atoms with Gasteiger partial charge in [0.25, 0.3) is 0 Å². The maximum absolute atomic E-state index is 5.97. The molecule has 3 aromatic rings. The molecular formula is C16H17N5O. The summed E-state index contributed by atoms with van der Waals surface area (Å²) >= 11 is 0. The molecule has 0 unspecified atom stereocenters. The highest BCUT2D eigenvalue weighted by Gasteiger charge is 2.13. The Bertz CT molecular complexity index is 825. The zero-order chi connectivity index (χ0) is 15.7. The highest BCUT2D eigenvalue weighted by atomic mass is 16.5. The highest BCUT2D eigenvalue weighted by molar-refractivity contribution is 5.67. The summed E-state index contributed by atoms with van der Waals surface area (Å²) < 4.78 is 6.88. The Morgan fingerprint density at radius 1 is 1.05 bits per heavy atom. The molecule has 2 N–H and O–H groups in total. The minimum absolute atomic E-state index is 0.551. The summed E-state index contributed by atoms with van der Waals surface area (Å²) in [5.41, 5.74) is 10.7. The predicted molar refractivity (Wildman–Crippen MR) is 85.0 cm³/mol. The lowest BCUT2D eigenvalue weighted by Gasteiger charge is -2.09. The first-order chi connectivity index (χ1) is 10.6. The van der Waals surface area contributed by atoms with Crippen molar-refractivity contribution in [3.8, 4) is 22.8 Å². The molecule has 6 nitrogen and oxygen atoms in total. The predicted octanol–water partition coefficient (Wildman–Crippen LogP) is 2.54. The molecule has 0 atom stereocenters. The first-order valence-corrected chi connectivity index (χ1v) is 6.90. The number of methoxy groups -OCH3 is 1. The number of rotatable bonds is 3. The Balaban J connectivity index is 2.08. The number of nitrogens with two attached hydrogens (primary N) is 1. The molecule has 0 radical (unpaired) electrons. The highest BCUT2D eigenvalue weighted by Crippen LogP contribution is 2.28. The quantitative estimate of drug-likeness (QED) is 0.751. The third kappa shape index (κ3) is 2.39. The first kappa shape index (κ1) is 14.1. The van der Waals surface area contributed by atoms with Gasteiger partial charge < -0.3 is 10.5 Å². The van der Waals surface area contributed by atoms with Gasteiger partial charge in [-0.15, -0.1) is 5.10 Å². The molecule has 0 aliphatic heterocycles. The largest absolute Gasteiger partial charge is 0.495 e. The van der Waals surface area contributed by atoms with Crippen molar-refractivity contribution in [2.24, 2.45) is 0 Å². The van der Waals surface area contributed by atoms with E-state index in [4.69, 9.17) is 10.5 Å². The molecule has 3 rings (SSSR count). The molecule has 6 heteroatoms. The van der Waals surface area contributed by atoms with Gasteiger partial charge in [-0.3, -0.25) is 0 Å². The van der Waals surface area contributed by atoms with Gasteiger partial charge >= 0.3 is 0 Å². The van der Waals surface area contributed by atoms with Crippen molar-refractivity contribution in [1.29, 1.82) is 0 Å². The second kappa shape index (κ2) is 5.48. The Hall–Kier alpha value is -2.89. The number of benzene rings is 2. The van der Waals surface area contributed by atoms with Crippen molar-refractivity contribution in [3.63, 3.8) is 0 Å². The molecule has 1 heterocycles. The molecule has 0 saturated carbocycles. The number of hydrogen-bond acceptors (Lipinski definition) is 5. The van der Waals surface area contributed by atoms with E-state index in [0.717, 1.165) is 11.3 Å². The molecule has 0 amide bonds. The fraction of sp³-hybridized carbons (Fsp3) is 0.188. The smallest absolute Gasteiger partial charge is 0.187 e. The van der Waals surface area contributed by atoms with Crippen LogP contribution < -0.4 is 10.5 Å². The molecule has 2 aromatic carbocycles. The molecule has 0 spiro atoms. The lowest BCUT2D eigenvalue weighted by Crippen LogP contribution is -2.01. The first-order valence-electron chi connectivity index (χ1n) is 6.90. The zero-order valence-corrected chi connectivity index (χ0v) is 12.7. The maximum atomic E-state index is 5.97. The van der Waals surface area contributed by atoms with E-state index in [1.807, 2.05) is 24.3 Å². The standard InChI is InChI=1S/C16H17N5O/c1-10-4-6-13(8-11(10)2)21-16(18-19-20-21)12-5-7-15(22-3)14(17)9-12/h4-9H,17H2,1-3H3. The molecule has 0 fully saturated rings. The van der Waals surface area contributed by atoms with Gasteiger partial charge in [0.15, 0.2) is 5.82 Å². The molecule has 0 aliphatic rings. The van der Waals surface area contributed by atoms with Gasteiger partial charge in [0, 0.05) is 5.56 Å². The molecule has 0 bridgehead atoms. The fourth-order valence-electron chi connectivity index (χ4n) is 2.27. The van der Waals surface area contributed by atoms with E-state index in [2.05, 4.69) is 41.5 Å². The number of ether oxygens (including phenoxy) is 1. The Kier molecular flexibility index (Phi) is 3.50. The third-order valence-corrected chi connectivity index (χ3v) is 3.69. The van der Waals surface area contributed by atoms with Gasteiger partial charge in [0.05, 0.1) is 18.5 Å². The number of hydrogen-bond donors (Lipinski definition) is 1. The zero-order valence-electron chi connectivity index (χ0n) is 12.7. The van der Waals surface area contributed by atoms with Gasteiger partial charge in [-0.1, -0.05) is 6.07 Å². The van der Waals surface area contributed by atoms with Crippen LogP contribution in [0.1, 0.15) is 11.1 Å². The topological polar surface area (TPSA) is 78.9 Å². The monoisotopic (exact) mass is 295 g/mol.